The second-order valence-electron chi connectivity index (χ2n) is 5.02. The zero-order valence-corrected chi connectivity index (χ0v) is 15.8. The average Bonchev–Trinajstić information content (AvgIpc) is 2.99. The molecule has 1 aromatic heterocycles. The fraction of sp³-hybridized carbons (Fsp3) is 0.438. The van der Waals surface area contributed by atoms with Crippen molar-refractivity contribution in [2.45, 2.75) is 24.4 Å². The second kappa shape index (κ2) is 10.4. The molecule has 0 aliphatic carbocycles. The van der Waals surface area contributed by atoms with Crippen molar-refractivity contribution in [1.82, 2.24) is 14.8 Å². The van der Waals surface area contributed by atoms with Crippen molar-refractivity contribution < 1.29 is 14.3 Å². The molecule has 0 aliphatic heterocycles. The number of carbonyl (C=O) groups is 1. The Morgan fingerprint density at radius 1 is 1.32 bits per heavy atom. The molecular formula is C16H21ClN4O3S. The molecule has 2 aromatic rings. The zero-order chi connectivity index (χ0) is 18.1. The van der Waals surface area contributed by atoms with Crippen LogP contribution in [0.15, 0.2) is 29.4 Å². The summed E-state index contributed by atoms with van der Waals surface area (Å²) in [6, 6.07) is 7.67. The molecule has 2 rings (SSSR count). The molecule has 0 spiro atoms. The number of carbonyl (C=O) groups excluding carboxylic acids is 1. The fourth-order valence-corrected chi connectivity index (χ4v) is 3.29. The van der Waals surface area contributed by atoms with Gasteiger partial charge in [-0.25, -0.2) is 0 Å². The quantitative estimate of drug-likeness (QED) is 0.501. The van der Waals surface area contributed by atoms with E-state index in [2.05, 4.69) is 15.5 Å². The molecule has 7 nitrogen and oxygen atoms in total. The van der Waals surface area contributed by atoms with Crippen LogP contribution in [-0.2, 0) is 26.6 Å². The third kappa shape index (κ3) is 6.00. The van der Waals surface area contributed by atoms with E-state index in [0.717, 1.165) is 15.7 Å². The molecule has 0 unspecified atom stereocenters. The lowest BCUT2D eigenvalue weighted by Crippen LogP contribution is -2.22. The third-order valence-corrected chi connectivity index (χ3v) is 4.65. The van der Waals surface area contributed by atoms with Crippen molar-refractivity contribution in [2.75, 3.05) is 32.2 Å². The van der Waals surface area contributed by atoms with Gasteiger partial charge in [-0.2, -0.15) is 0 Å². The van der Waals surface area contributed by atoms with Crippen molar-refractivity contribution in [3.63, 3.8) is 0 Å². The minimum atomic E-state index is -0.277. The highest BCUT2D eigenvalue weighted by Gasteiger charge is 2.14. The lowest BCUT2D eigenvalue weighted by atomic mass is 10.2. The number of ether oxygens (including phenoxy) is 2. The van der Waals surface area contributed by atoms with Gasteiger partial charge in [-0.05, 0) is 18.6 Å². The monoisotopic (exact) mass is 384 g/mol. The van der Waals surface area contributed by atoms with Crippen molar-refractivity contribution in [3.05, 3.63) is 34.9 Å². The average molecular weight is 385 g/mol. The van der Waals surface area contributed by atoms with Crippen LogP contribution in [0.5, 0.6) is 0 Å². The first kappa shape index (κ1) is 19.7. The predicted octanol–water partition coefficient (Wildman–Crippen LogP) is 2.85. The Morgan fingerprint density at radius 3 is 2.84 bits per heavy atom. The van der Waals surface area contributed by atoms with Crippen molar-refractivity contribution in [2.24, 2.45) is 0 Å². The summed E-state index contributed by atoms with van der Waals surface area (Å²) >= 11 is 7.69. The van der Waals surface area contributed by atoms with Gasteiger partial charge in [0.15, 0.2) is 5.16 Å². The molecule has 136 valence electrons. The second-order valence-corrected chi connectivity index (χ2v) is 6.37. The molecule has 0 atom stereocenters. The molecule has 25 heavy (non-hydrogen) atoms. The van der Waals surface area contributed by atoms with Gasteiger partial charge in [-0.3, -0.25) is 14.7 Å². The van der Waals surface area contributed by atoms with Crippen LogP contribution in [0.1, 0.15) is 12.5 Å². The van der Waals surface area contributed by atoms with Crippen LogP contribution < -0.4 is 5.32 Å². The molecule has 1 heterocycles. The lowest BCUT2D eigenvalue weighted by molar-refractivity contribution is -0.121. The highest BCUT2D eigenvalue weighted by Crippen LogP contribution is 2.26. The summed E-state index contributed by atoms with van der Waals surface area (Å²) < 4.78 is 11.9. The van der Waals surface area contributed by atoms with Gasteiger partial charge < -0.3 is 9.47 Å². The van der Waals surface area contributed by atoms with Crippen LogP contribution in [-0.4, -0.2) is 47.6 Å². The molecular weight excluding hydrogens is 364 g/mol. The summed E-state index contributed by atoms with van der Waals surface area (Å²) in [4.78, 5) is 11.9. The van der Waals surface area contributed by atoms with E-state index < -0.39 is 0 Å². The number of hydrogen-bond donors (Lipinski definition) is 1. The molecule has 0 fully saturated rings. The minimum Gasteiger partial charge on any atom is -0.382 e. The number of nitrogens with one attached hydrogen (secondary N) is 1. The first-order valence-electron chi connectivity index (χ1n) is 7.81. The van der Waals surface area contributed by atoms with Crippen molar-refractivity contribution in [1.29, 1.82) is 0 Å². The Kier molecular flexibility index (Phi) is 8.20. The van der Waals surface area contributed by atoms with E-state index in [1.807, 2.05) is 35.8 Å². The molecule has 9 heteroatoms. The molecule has 1 amide bonds. The van der Waals surface area contributed by atoms with Crippen LogP contribution in [0.25, 0.3) is 0 Å². The van der Waals surface area contributed by atoms with Crippen LogP contribution in [0.4, 0.5) is 5.95 Å². The molecule has 0 bridgehead atoms. The summed E-state index contributed by atoms with van der Waals surface area (Å²) in [5, 5.41) is 12.4. The van der Waals surface area contributed by atoms with E-state index in [4.69, 9.17) is 21.1 Å². The van der Waals surface area contributed by atoms with Gasteiger partial charge in [0, 0.05) is 24.4 Å². The maximum Gasteiger partial charge on any atom is 0.252 e. The molecule has 0 aliphatic rings. The van der Waals surface area contributed by atoms with E-state index in [1.165, 1.54) is 11.8 Å². The Balaban J connectivity index is 1.93. The van der Waals surface area contributed by atoms with Crippen LogP contribution in [0.3, 0.4) is 0 Å². The first-order valence-corrected chi connectivity index (χ1v) is 9.18. The van der Waals surface area contributed by atoms with Gasteiger partial charge in [0.25, 0.3) is 5.91 Å². The molecule has 0 saturated heterocycles. The number of anilines is 1. The normalized spacial score (nSPS) is 10.8. The highest BCUT2D eigenvalue weighted by molar-refractivity contribution is 7.98. The number of benzene rings is 1. The number of nitrogens with zero attached hydrogens (tertiary/aromatic N) is 3. The Morgan fingerprint density at radius 2 is 2.12 bits per heavy atom. The Labute approximate surface area is 156 Å². The van der Waals surface area contributed by atoms with Gasteiger partial charge in [-0.15, -0.1) is 10.2 Å². The smallest absolute Gasteiger partial charge is 0.252 e. The van der Waals surface area contributed by atoms with E-state index in [-0.39, 0.29) is 12.5 Å². The summed E-state index contributed by atoms with van der Waals surface area (Å²) in [5.41, 5.74) is 1.02. The number of thioether (sulfide) groups is 1. The minimum absolute atomic E-state index is 0.0535. The largest absolute Gasteiger partial charge is 0.382 e. The van der Waals surface area contributed by atoms with Gasteiger partial charge in [0.1, 0.15) is 6.61 Å². The van der Waals surface area contributed by atoms with Crippen molar-refractivity contribution >= 4 is 35.2 Å². The van der Waals surface area contributed by atoms with E-state index in [9.17, 15) is 4.79 Å². The zero-order valence-electron chi connectivity index (χ0n) is 14.2. The molecule has 1 N–H and O–H groups in total. The predicted molar refractivity (Wildman–Crippen MR) is 98.0 cm³/mol. The van der Waals surface area contributed by atoms with Crippen LogP contribution >= 0.6 is 23.4 Å². The summed E-state index contributed by atoms with van der Waals surface area (Å²) in [6.07, 6.45) is 0. The number of aromatic nitrogens is 3. The number of halogens is 1. The maximum absolute atomic E-state index is 11.9. The van der Waals surface area contributed by atoms with Crippen molar-refractivity contribution in [3.8, 4) is 0 Å². The third-order valence-electron chi connectivity index (χ3n) is 3.26. The molecule has 1 aromatic carbocycles. The topological polar surface area (TPSA) is 78.3 Å². The van der Waals surface area contributed by atoms with Crippen LogP contribution in [0.2, 0.25) is 5.02 Å². The SMILES string of the molecule is CCn1c(NC(=O)COCCOC)nnc1SCc1ccccc1Cl. The van der Waals surface area contributed by atoms with Gasteiger partial charge in [0.2, 0.25) is 5.95 Å². The summed E-state index contributed by atoms with van der Waals surface area (Å²) in [5.74, 6) is 0.802. The van der Waals surface area contributed by atoms with E-state index in [1.54, 1.807) is 7.11 Å². The standard InChI is InChI=1S/C16H21ClN4O3S/c1-3-21-15(18-14(22)10-24-9-8-23-2)19-20-16(21)25-11-12-6-4-5-7-13(12)17/h4-7H,3,8-11H2,1-2H3,(H,18,19,22). The molecule has 0 radical (unpaired) electrons. The van der Waals surface area contributed by atoms with Gasteiger partial charge in [0.05, 0.1) is 13.2 Å². The van der Waals surface area contributed by atoms with Crippen LogP contribution in [0, 0.1) is 0 Å². The number of hydrogen-bond acceptors (Lipinski definition) is 6. The number of rotatable bonds is 10. The summed E-state index contributed by atoms with van der Waals surface area (Å²) in [6.45, 7) is 3.36. The van der Waals surface area contributed by atoms with E-state index >= 15 is 0 Å². The van der Waals surface area contributed by atoms with Gasteiger partial charge >= 0.3 is 0 Å². The lowest BCUT2D eigenvalue weighted by Gasteiger charge is -2.09. The maximum atomic E-state index is 11.9. The highest BCUT2D eigenvalue weighted by atomic mass is 35.5. The Bertz CT molecular complexity index is 696. The number of amides is 1. The van der Waals surface area contributed by atoms with E-state index in [0.29, 0.717) is 31.5 Å². The van der Waals surface area contributed by atoms with Gasteiger partial charge in [-0.1, -0.05) is 41.6 Å². The first-order chi connectivity index (χ1) is 12.2. The Hall–Kier alpha value is -1.61. The summed E-state index contributed by atoms with van der Waals surface area (Å²) in [7, 11) is 1.58. The fourth-order valence-electron chi connectivity index (χ4n) is 2.00. The molecule has 0 saturated carbocycles. The number of methoxy groups -OCH3 is 1.